The first-order valence-corrected chi connectivity index (χ1v) is 9.70. The molecule has 0 amide bonds. The molecular formula is C21H30NO+. The predicted molar refractivity (Wildman–Crippen MR) is 95.1 cm³/mol. The zero-order chi connectivity index (χ0) is 15.6. The van der Waals surface area contributed by atoms with Gasteiger partial charge in [-0.25, -0.2) is 0 Å². The van der Waals surface area contributed by atoms with E-state index < -0.39 is 0 Å². The van der Waals surface area contributed by atoms with Crippen molar-refractivity contribution in [2.45, 2.75) is 77.0 Å². The monoisotopic (exact) mass is 312 g/mol. The first-order valence-electron chi connectivity index (χ1n) is 9.70. The molecule has 2 heteroatoms. The predicted octanol–water partition coefficient (Wildman–Crippen LogP) is 5.69. The molecule has 1 heterocycles. The molecule has 0 radical (unpaired) electrons. The molecule has 0 unspecified atom stereocenters. The largest absolute Gasteiger partial charge is 0.429 e. The van der Waals surface area contributed by atoms with Crippen LogP contribution < -0.4 is 4.74 Å². The second kappa shape index (κ2) is 6.67. The molecule has 1 aromatic carbocycles. The van der Waals surface area contributed by atoms with Crippen molar-refractivity contribution in [2.24, 2.45) is 5.92 Å². The van der Waals surface area contributed by atoms with Gasteiger partial charge in [0.25, 0.3) is 12.4 Å². The lowest BCUT2D eigenvalue weighted by molar-refractivity contribution is -0.455. The van der Waals surface area contributed by atoms with E-state index in [0.717, 1.165) is 12.6 Å². The van der Waals surface area contributed by atoms with E-state index in [1.54, 1.807) is 0 Å². The second-order valence-electron chi connectivity index (χ2n) is 7.83. The molecule has 0 aromatic heterocycles. The van der Waals surface area contributed by atoms with Crippen LogP contribution in [-0.2, 0) is 0 Å². The molecule has 2 saturated carbocycles. The Balaban J connectivity index is 1.65. The first kappa shape index (κ1) is 15.2. The number of ether oxygens (including phenoxy) is 1. The summed E-state index contributed by atoms with van der Waals surface area (Å²) in [6.07, 6.45) is 16.2. The van der Waals surface area contributed by atoms with Crippen LogP contribution in [0.25, 0.3) is 0 Å². The van der Waals surface area contributed by atoms with Gasteiger partial charge in [-0.05, 0) is 44.1 Å². The van der Waals surface area contributed by atoms with Crippen LogP contribution >= 0.6 is 0 Å². The minimum atomic E-state index is 0.715. The summed E-state index contributed by atoms with van der Waals surface area (Å²) in [6, 6.07) is 4.72. The Kier molecular flexibility index (Phi) is 4.41. The van der Waals surface area contributed by atoms with Crippen molar-refractivity contribution >= 4 is 11.9 Å². The Morgan fingerprint density at radius 1 is 0.957 bits per heavy atom. The van der Waals surface area contributed by atoms with Crippen molar-refractivity contribution < 1.29 is 9.31 Å². The van der Waals surface area contributed by atoms with Crippen LogP contribution in [0, 0.1) is 12.8 Å². The first-order chi connectivity index (χ1) is 11.3. The van der Waals surface area contributed by atoms with Crippen LogP contribution in [0.4, 0.5) is 5.69 Å². The van der Waals surface area contributed by atoms with Gasteiger partial charge in [0.15, 0.2) is 6.21 Å². The van der Waals surface area contributed by atoms with Crippen LogP contribution in [0.5, 0.6) is 5.75 Å². The van der Waals surface area contributed by atoms with E-state index in [0.29, 0.717) is 5.92 Å². The van der Waals surface area contributed by atoms with Crippen molar-refractivity contribution in [1.29, 1.82) is 0 Å². The van der Waals surface area contributed by atoms with E-state index in [-0.39, 0.29) is 0 Å². The number of hydrogen-bond acceptors (Lipinski definition) is 1. The summed E-state index contributed by atoms with van der Waals surface area (Å²) >= 11 is 0. The van der Waals surface area contributed by atoms with Gasteiger partial charge in [-0.1, -0.05) is 44.6 Å². The molecule has 2 aliphatic carbocycles. The van der Waals surface area contributed by atoms with E-state index in [4.69, 9.17) is 4.74 Å². The summed E-state index contributed by atoms with van der Waals surface area (Å²) in [5.41, 5.74) is 4.20. The fourth-order valence-corrected chi connectivity index (χ4v) is 4.73. The quantitative estimate of drug-likeness (QED) is 0.639. The number of nitrogens with zero attached hydrogens (tertiary/aromatic N) is 1. The average Bonchev–Trinajstić information content (AvgIpc) is 2.99. The molecule has 0 bridgehead atoms. The SMILES string of the molecule is Cc1cc(C2CCCCC2)c2c(c1)/[N+](=C\C1CCCCC1)CO2. The maximum Gasteiger partial charge on any atom is 0.292 e. The normalized spacial score (nSPS) is 24.7. The molecule has 4 rings (SSSR count). The summed E-state index contributed by atoms with van der Waals surface area (Å²) in [5.74, 6) is 2.65. The minimum absolute atomic E-state index is 0.715. The van der Waals surface area contributed by atoms with Crippen LogP contribution in [0.2, 0.25) is 0 Å². The lowest BCUT2D eigenvalue weighted by atomic mass is 9.83. The van der Waals surface area contributed by atoms with E-state index in [1.165, 1.54) is 86.8 Å². The van der Waals surface area contributed by atoms with Crippen molar-refractivity contribution in [3.05, 3.63) is 23.3 Å². The summed E-state index contributed by atoms with van der Waals surface area (Å²) in [7, 11) is 0. The van der Waals surface area contributed by atoms with Gasteiger partial charge in [-0.15, -0.1) is 0 Å². The Bertz CT molecular complexity index is 592. The van der Waals surface area contributed by atoms with Gasteiger partial charge in [0.05, 0.1) is 0 Å². The van der Waals surface area contributed by atoms with Gasteiger partial charge in [0.1, 0.15) is 0 Å². The van der Waals surface area contributed by atoms with Gasteiger partial charge in [-0.2, -0.15) is 4.58 Å². The summed E-state index contributed by atoms with van der Waals surface area (Å²) < 4.78 is 8.58. The van der Waals surface area contributed by atoms with Gasteiger partial charge >= 0.3 is 0 Å². The molecule has 0 spiro atoms. The Hall–Kier alpha value is -1.31. The highest BCUT2D eigenvalue weighted by atomic mass is 16.5. The molecule has 2 fully saturated rings. The fourth-order valence-electron chi connectivity index (χ4n) is 4.73. The van der Waals surface area contributed by atoms with Crippen molar-refractivity contribution in [1.82, 2.24) is 0 Å². The third-order valence-corrected chi connectivity index (χ3v) is 5.99. The van der Waals surface area contributed by atoms with Gasteiger partial charge in [-0.3, -0.25) is 0 Å². The van der Waals surface area contributed by atoms with Crippen LogP contribution in [-0.4, -0.2) is 17.5 Å². The lowest BCUT2D eigenvalue weighted by Crippen LogP contribution is -2.15. The minimum Gasteiger partial charge on any atom is -0.429 e. The van der Waals surface area contributed by atoms with E-state index in [1.807, 2.05) is 0 Å². The summed E-state index contributed by atoms with van der Waals surface area (Å²) in [4.78, 5) is 0. The number of hydrogen-bond donors (Lipinski definition) is 0. The highest BCUT2D eigenvalue weighted by molar-refractivity contribution is 5.63. The molecule has 124 valence electrons. The number of aryl methyl sites for hydroxylation is 1. The van der Waals surface area contributed by atoms with Crippen molar-refractivity contribution in [3.63, 3.8) is 0 Å². The highest BCUT2D eigenvalue weighted by Crippen LogP contribution is 2.45. The molecule has 0 saturated heterocycles. The molecule has 1 aromatic rings. The average molecular weight is 312 g/mol. The number of fused-ring (bicyclic) bond motifs is 1. The van der Waals surface area contributed by atoms with E-state index >= 15 is 0 Å². The van der Waals surface area contributed by atoms with Crippen molar-refractivity contribution in [3.8, 4) is 5.75 Å². The molecule has 23 heavy (non-hydrogen) atoms. The maximum absolute atomic E-state index is 6.19. The molecule has 2 nitrogen and oxygen atoms in total. The Morgan fingerprint density at radius 2 is 1.65 bits per heavy atom. The zero-order valence-corrected chi connectivity index (χ0v) is 14.5. The highest BCUT2D eigenvalue weighted by Gasteiger charge is 2.32. The molecule has 3 aliphatic rings. The fraction of sp³-hybridized carbons (Fsp3) is 0.667. The zero-order valence-electron chi connectivity index (χ0n) is 14.5. The number of benzene rings is 1. The second-order valence-corrected chi connectivity index (χ2v) is 7.83. The molecular weight excluding hydrogens is 282 g/mol. The summed E-state index contributed by atoms with van der Waals surface area (Å²) in [6.45, 7) is 2.96. The smallest absolute Gasteiger partial charge is 0.292 e. The third-order valence-electron chi connectivity index (χ3n) is 5.99. The topological polar surface area (TPSA) is 12.2 Å². The number of rotatable bonds is 2. The third kappa shape index (κ3) is 3.18. The molecule has 1 aliphatic heterocycles. The standard InChI is InChI=1S/C21H30NO/c1-16-12-19(18-10-6-3-7-11-18)21-20(13-16)22(15-23-21)14-17-8-4-2-5-9-17/h12-14,17-18H,2-11,15H2,1H3/q+1/b22-14-. The van der Waals surface area contributed by atoms with Crippen molar-refractivity contribution in [2.75, 3.05) is 6.73 Å². The van der Waals surface area contributed by atoms with Gasteiger partial charge in [0, 0.05) is 17.5 Å². The van der Waals surface area contributed by atoms with E-state index in [2.05, 4.69) is 29.8 Å². The summed E-state index contributed by atoms with van der Waals surface area (Å²) in [5, 5.41) is 0. The lowest BCUT2D eigenvalue weighted by Gasteiger charge is -2.22. The van der Waals surface area contributed by atoms with Crippen LogP contribution in [0.1, 0.15) is 81.3 Å². The Morgan fingerprint density at radius 3 is 2.39 bits per heavy atom. The maximum atomic E-state index is 6.19. The van der Waals surface area contributed by atoms with E-state index in [9.17, 15) is 0 Å². The van der Waals surface area contributed by atoms with Gasteiger partial charge in [0.2, 0.25) is 5.75 Å². The van der Waals surface area contributed by atoms with Gasteiger partial charge < -0.3 is 4.74 Å². The van der Waals surface area contributed by atoms with Crippen LogP contribution in [0.15, 0.2) is 12.1 Å². The Labute approximate surface area is 140 Å². The molecule has 0 atom stereocenters. The molecule has 0 N–H and O–H groups in total. The van der Waals surface area contributed by atoms with Crippen LogP contribution in [0.3, 0.4) is 0 Å².